The Morgan fingerprint density at radius 1 is 1.20 bits per heavy atom. The Labute approximate surface area is 118 Å². The van der Waals surface area contributed by atoms with Crippen molar-refractivity contribution < 1.29 is 13.9 Å². The first-order valence-corrected chi connectivity index (χ1v) is 6.75. The van der Waals surface area contributed by atoms with E-state index in [0.29, 0.717) is 18.1 Å². The second-order valence-corrected chi connectivity index (χ2v) is 4.53. The summed E-state index contributed by atoms with van der Waals surface area (Å²) in [7, 11) is 1.57. The van der Waals surface area contributed by atoms with E-state index >= 15 is 0 Å². The Kier molecular flexibility index (Phi) is 4.82. The molecule has 20 heavy (non-hydrogen) atoms. The van der Waals surface area contributed by atoms with Crippen LogP contribution in [0.25, 0.3) is 0 Å². The summed E-state index contributed by atoms with van der Waals surface area (Å²) >= 11 is 0. The quantitative estimate of drug-likeness (QED) is 0.879. The maximum absolute atomic E-state index is 11.4. The first kappa shape index (κ1) is 14.2. The number of benzene rings is 1. The van der Waals surface area contributed by atoms with Gasteiger partial charge in [0, 0.05) is 7.05 Å². The van der Waals surface area contributed by atoms with Crippen molar-refractivity contribution in [3.05, 3.63) is 53.5 Å². The van der Waals surface area contributed by atoms with Crippen LogP contribution >= 0.6 is 0 Å². The van der Waals surface area contributed by atoms with Crippen molar-refractivity contribution in [1.29, 1.82) is 0 Å². The number of ether oxygens (including phenoxy) is 1. The number of rotatable bonds is 6. The molecule has 0 aliphatic rings. The molecule has 1 N–H and O–H groups in total. The Morgan fingerprint density at radius 3 is 2.60 bits per heavy atom. The second kappa shape index (κ2) is 6.80. The zero-order valence-electron chi connectivity index (χ0n) is 11.8. The van der Waals surface area contributed by atoms with E-state index < -0.39 is 0 Å². The zero-order chi connectivity index (χ0) is 14.4. The van der Waals surface area contributed by atoms with Crippen molar-refractivity contribution >= 4 is 5.91 Å². The van der Waals surface area contributed by atoms with Gasteiger partial charge >= 0.3 is 0 Å². The van der Waals surface area contributed by atoms with Crippen LogP contribution in [-0.4, -0.2) is 13.0 Å². The van der Waals surface area contributed by atoms with E-state index in [9.17, 15) is 4.79 Å². The average Bonchev–Trinajstić information content (AvgIpc) is 2.95. The van der Waals surface area contributed by atoms with Crippen LogP contribution < -0.4 is 10.1 Å². The van der Waals surface area contributed by atoms with Crippen LogP contribution in [0.2, 0.25) is 0 Å². The van der Waals surface area contributed by atoms with E-state index in [0.717, 1.165) is 18.6 Å². The molecule has 2 rings (SSSR count). The highest BCUT2D eigenvalue weighted by atomic mass is 16.5. The normalized spacial score (nSPS) is 10.3. The molecule has 0 radical (unpaired) electrons. The average molecular weight is 273 g/mol. The van der Waals surface area contributed by atoms with Crippen molar-refractivity contribution in [2.24, 2.45) is 0 Å². The van der Waals surface area contributed by atoms with Gasteiger partial charge in [0.1, 0.15) is 18.1 Å². The van der Waals surface area contributed by atoms with Gasteiger partial charge in [0.15, 0.2) is 5.76 Å². The second-order valence-electron chi connectivity index (χ2n) is 4.53. The Morgan fingerprint density at radius 2 is 1.95 bits per heavy atom. The molecule has 0 unspecified atom stereocenters. The minimum atomic E-state index is -0.236. The Hall–Kier alpha value is -2.23. The Balaban J connectivity index is 1.91. The molecule has 1 heterocycles. The molecule has 4 heteroatoms. The Bertz CT molecular complexity index is 557. The van der Waals surface area contributed by atoms with Gasteiger partial charge < -0.3 is 14.5 Å². The molecule has 1 aromatic carbocycles. The molecule has 1 amide bonds. The minimum Gasteiger partial charge on any atom is -0.486 e. The van der Waals surface area contributed by atoms with E-state index in [1.165, 1.54) is 5.56 Å². The molecular weight excluding hydrogens is 254 g/mol. The molecule has 0 fully saturated rings. The van der Waals surface area contributed by atoms with E-state index in [1.807, 2.05) is 12.1 Å². The maximum Gasteiger partial charge on any atom is 0.286 e. The van der Waals surface area contributed by atoms with Gasteiger partial charge in [-0.2, -0.15) is 0 Å². The third-order valence-corrected chi connectivity index (χ3v) is 2.96. The van der Waals surface area contributed by atoms with Crippen LogP contribution in [0.15, 0.2) is 40.8 Å². The lowest BCUT2D eigenvalue weighted by atomic mass is 10.1. The first-order valence-electron chi connectivity index (χ1n) is 6.75. The first-order chi connectivity index (χ1) is 9.72. The van der Waals surface area contributed by atoms with Crippen LogP contribution in [-0.2, 0) is 13.0 Å². The fourth-order valence-electron chi connectivity index (χ4n) is 1.90. The van der Waals surface area contributed by atoms with Gasteiger partial charge in [0.2, 0.25) is 0 Å². The van der Waals surface area contributed by atoms with Crippen LogP contribution in [0, 0.1) is 0 Å². The third-order valence-electron chi connectivity index (χ3n) is 2.96. The van der Waals surface area contributed by atoms with Crippen molar-refractivity contribution in [2.75, 3.05) is 7.05 Å². The molecule has 0 spiro atoms. The number of hydrogen-bond acceptors (Lipinski definition) is 3. The monoisotopic (exact) mass is 273 g/mol. The molecule has 2 aromatic rings. The van der Waals surface area contributed by atoms with Crippen molar-refractivity contribution in [3.63, 3.8) is 0 Å². The number of carbonyl (C=O) groups excluding carboxylic acids is 1. The molecular formula is C16H19NO3. The summed E-state index contributed by atoms with van der Waals surface area (Å²) in [6.45, 7) is 2.47. The standard InChI is InChI=1S/C16H19NO3/c1-3-4-12-5-7-13(8-6-12)19-11-14-9-10-15(20-14)16(18)17-2/h5-10H,3-4,11H2,1-2H3,(H,17,18). The van der Waals surface area contributed by atoms with Gasteiger partial charge in [0.25, 0.3) is 5.91 Å². The lowest BCUT2D eigenvalue weighted by Gasteiger charge is -2.05. The van der Waals surface area contributed by atoms with E-state index in [-0.39, 0.29) is 5.91 Å². The molecule has 106 valence electrons. The summed E-state index contributed by atoms with van der Waals surface area (Å²) in [6, 6.07) is 11.4. The van der Waals surface area contributed by atoms with Crippen LogP contribution in [0.1, 0.15) is 35.2 Å². The SMILES string of the molecule is CCCc1ccc(OCc2ccc(C(=O)NC)o2)cc1. The van der Waals surface area contributed by atoms with Crippen LogP contribution in [0.5, 0.6) is 5.75 Å². The number of hydrogen-bond donors (Lipinski definition) is 1. The minimum absolute atomic E-state index is 0.236. The highest BCUT2D eigenvalue weighted by molar-refractivity contribution is 5.91. The van der Waals surface area contributed by atoms with Gasteiger partial charge in [-0.15, -0.1) is 0 Å². The van der Waals surface area contributed by atoms with Gasteiger partial charge in [-0.3, -0.25) is 4.79 Å². The van der Waals surface area contributed by atoms with Gasteiger partial charge in [0.05, 0.1) is 0 Å². The summed E-state index contributed by atoms with van der Waals surface area (Å²) < 4.78 is 11.0. The number of aryl methyl sites for hydroxylation is 1. The molecule has 0 saturated heterocycles. The summed E-state index contributed by atoms with van der Waals surface area (Å²) in [5.41, 5.74) is 1.31. The molecule has 0 atom stereocenters. The van der Waals surface area contributed by atoms with Gasteiger partial charge in [-0.1, -0.05) is 25.5 Å². The fourth-order valence-corrected chi connectivity index (χ4v) is 1.90. The predicted molar refractivity (Wildman–Crippen MR) is 76.9 cm³/mol. The molecule has 1 aromatic heterocycles. The zero-order valence-corrected chi connectivity index (χ0v) is 11.8. The summed E-state index contributed by atoms with van der Waals surface area (Å²) in [5, 5.41) is 2.51. The highest BCUT2D eigenvalue weighted by Crippen LogP contribution is 2.16. The fraction of sp³-hybridized carbons (Fsp3) is 0.312. The molecule has 0 saturated carbocycles. The summed E-state index contributed by atoms with van der Waals surface area (Å²) in [5.74, 6) is 1.48. The molecule has 0 aliphatic heterocycles. The molecule has 0 bridgehead atoms. The summed E-state index contributed by atoms with van der Waals surface area (Å²) in [6.07, 6.45) is 2.21. The third kappa shape index (κ3) is 3.63. The summed E-state index contributed by atoms with van der Waals surface area (Å²) in [4.78, 5) is 11.4. The number of carbonyl (C=O) groups is 1. The van der Waals surface area contributed by atoms with Crippen LogP contribution in [0.3, 0.4) is 0 Å². The predicted octanol–water partition coefficient (Wildman–Crippen LogP) is 3.17. The van der Waals surface area contributed by atoms with Crippen LogP contribution in [0.4, 0.5) is 0 Å². The van der Waals surface area contributed by atoms with Gasteiger partial charge in [-0.25, -0.2) is 0 Å². The van der Waals surface area contributed by atoms with E-state index in [4.69, 9.17) is 9.15 Å². The topological polar surface area (TPSA) is 51.5 Å². The maximum atomic E-state index is 11.4. The number of amides is 1. The number of furan rings is 1. The lowest BCUT2D eigenvalue weighted by Crippen LogP contribution is -2.16. The molecule has 0 aliphatic carbocycles. The van der Waals surface area contributed by atoms with Crippen molar-refractivity contribution in [3.8, 4) is 5.75 Å². The van der Waals surface area contributed by atoms with Crippen molar-refractivity contribution in [2.45, 2.75) is 26.4 Å². The number of nitrogens with one attached hydrogen (secondary N) is 1. The highest BCUT2D eigenvalue weighted by Gasteiger charge is 2.09. The van der Waals surface area contributed by atoms with Gasteiger partial charge in [-0.05, 0) is 36.2 Å². The smallest absolute Gasteiger partial charge is 0.286 e. The van der Waals surface area contributed by atoms with E-state index in [2.05, 4.69) is 24.4 Å². The lowest BCUT2D eigenvalue weighted by molar-refractivity contribution is 0.0931. The van der Waals surface area contributed by atoms with Crippen molar-refractivity contribution in [1.82, 2.24) is 5.32 Å². The van der Waals surface area contributed by atoms with E-state index in [1.54, 1.807) is 19.2 Å². The molecule has 4 nitrogen and oxygen atoms in total. The largest absolute Gasteiger partial charge is 0.486 e.